The Morgan fingerprint density at radius 2 is 1.97 bits per heavy atom. The van der Waals surface area contributed by atoms with Crippen LogP contribution in [-0.2, 0) is 0 Å². The molecule has 0 unspecified atom stereocenters. The van der Waals surface area contributed by atoms with E-state index in [4.69, 9.17) is 0 Å². The molecular formula is C26H27N5. The highest BCUT2D eigenvalue weighted by molar-refractivity contribution is 5.97. The Hall–Kier alpha value is -3.44. The smallest absolute Gasteiger partial charge is 0.116 e. The van der Waals surface area contributed by atoms with Crippen molar-refractivity contribution in [2.45, 2.75) is 19.8 Å². The molecule has 5 heteroatoms. The molecule has 1 saturated heterocycles. The van der Waals surface area contributed by atoms with Crippen LogP contribution in [0.4, 0.5) is 0 Å². The van der Waals surface area contributed by atoms with Crippen molar-refractivity contribution in [3.8, 4) is 11.4 Å². The summed E-state index contributed by atoms with van der Waals surface area (Å²) < 4.78 is 0. The molecule has 2 aromatic carbocycles. The van der Waals surface area contributed by atoms with Crippen LogP contribution in [-0.4, -0.2) is 45.9 Å². The number of fused-ring (bicyclic) bond motifs is 2. The summed E-state index contributed by atoms with van der Waals surface area (Å²) >= 11 is 0. The predicted molar refractivity (Wildman–Crippen MR) is 130 cm³/mol. The SMILES string of the molecule is C=C(C=N/C=C(\C)c1ccc2[nH]nc(-c3cc4ccccc4[nH]3)c2c1)CN1CCCC1. The third-order valence-electron chi connectivity index (χ3n) is 5.95. The van der Waals surface area contributed by atoms with E-state index >= 15 is 0 Å². The molecule has 1 aliphatic heterocycles. The molecule has 5 rings (SSSR count). The Kier molecular flexibility index (Phi) is 5.26. The van der Waals surface area contributed by atoms with Gasteiger partial charge in [0.15, 0.2) is 0 Å². The summed E-state index contributed by atoms with van der Waals surface area (Å²) in [5.74, 6) is 0. The zero-order valence-electron chi connectivity index (χ0n) is 17.9. The molecule has 0 aliphatic carbocycles. The molecule has 0 saturated carbocycles. The molecule has 2 N–H and O–H groups in total. The monoisotopic (exact) mass is 409 g/mol. The number of H-pyrrole nitrogens is 2. The van der Waals surface area contributed by atoms with Gasteiger partial charge >= 0.3 is 0 Å². The highest BCUT2D eigenvalue weighted by Crippen LogP contribution is 2.30. The number of aliphatic imine (C=N–C) groups is 1. The van der Waals surface area contributed by atoms with Crippen LogP contribution in [0.15, 0.2) is 71.9 Å². The number of aromatic amines is 2. The maximum absolute atomic E-state index is 4.57. The fourth-order valence-electron chi connectivity index (χ4n) is 4.26. The second kappa shape index (κ2) is 8.36. The van der Waals surface area contributed by atoms with Crippen molar-refractivity contribution in [1.82, 2.24) is 20.1 Å². The average Bonchev–Trinajstić information content (AvgIpc) is 3.52. The summed E-state index contributed by atoms with van der Waals surface area (Å²) in [6, 6.07) is 16.8. The lowest BCUT2D eigenvalue weighted by atomic mass is 10.0. The van der Waals surface area contributed by atoms with Crippen LogP contribution in [0.1, 0.15) is 25.3 Å². The highest BCUT2D eigenvalue weighted by Gasteiger charge is 2.12. The average molecular weight is 410 g/mol. The highest BCUT2D eigenvalue weighted by atomic mass is 15.1. The van der Waals surface area contributed by atoms with Crippen molar-refractivity contribution in [3.63, 3.8) is 0 Å². The summed E-state index contributed by atoms with van der Waals surface area (Å²) in [5, 5.41) is 10.0. The summed E-state index contributed by atoms with van der Waals surface area (Å²) in [6.07, 6.45) is 6.38. The van der Waals surface area contributed by atoms with E-state index < -0.39 is 0 Å². The number of rotatable bonds is 6. The van der Waals surface area contributed by atoms with Crippen molar-refractivity contribution in [3.05, 3.63) is 72.4 Å². The molecule has 5 nitrogen and oxygen atoms in total. The van der Waals surface area contributed by atoms with Crippen molar-refractivity contribution in [1.29, 1.82) is 0 Å². The first-order valence-corrected chi connectivity index (χ1v) is 10.8. The Bertz CT molecular complexity index is 1260. The first-order chi connectivity index (χ1) is 15.2. The van der Waals surface area contributed by atoms with E-state index in [2.05, 4.69) is 81.0 Å². The van der Waals surface area contributed by atoms with Gasteiger partial charge in [-0.2, -0.15) is 5.10 Å². The van der Waals surface area contributed by atoms with Crippen molar-refractivity contribution in [2.24, 2.45) is 4.99 Å². The summed E-state index contributed by atoms with van der Waals surface area (Å²) in [7, 11) is 0. The Morgan fingerprint density at radius 3 is 2.81 bits per heavy atom. The molecule has 3 heterocycles. The lowest BCUT2D eigenvalue weighted by Gasteiger charge is -2.13. The molecule has 156 valence electrons. The summed E-state index contributed by atoms with van der Waals surface area (Å²) in [5.41, 5.74) is 7.38. The molecule has 0 atom stereocenters. The van der Waals surface area contributed by atoms with E-state index in [1.807, 2.05) is 18.5 Å². The van der Waals surface area contributed by atoms with Gasteiger partial charge in [0.05, 0.1) is 11.2 Å². The lowest BCUT2D eigenvalue weighted by molar-refractivity contribution is 0.374. The van der Waals surface area contributed by atoms with Gasteiger partial charge in [0.1, 0.15) is 5.69 Å². The van der Waals surface area contributed by atoms with Crippen molar-refractivity contribution < 1.29 is 0 Å². The van der Waals surface area contributed by atoms with Gasteiger partial charge in [-0.1, -0.05) is 30.8 Å². The Morgan fingerprint density at radius 1 is 1.13 bits per heavy atom. The molecule has 4 aromatic rings. The second-order valence-electron chi connectivity index (χ2n) is 8.33. The number of allylic oxidation sites excluding steroid dienone is 1. The maximum atomic E-state index is 4.57. The molecule has 0 bridgehead atoms. The number of likely N-dealkylation sites (tertiary alicyclic amines) is 1. The Labute approximate surface area is 182 Å². The first-order valence-electron chi connectivity index (χ1n) is 10.8. The predicted octanol–water partition coefficient (Wildman–Crippen LogP) is 5.79. The molecule has 0 amide bonds. The van der Waals surface area contributed by atoms with Crippen LogP contribution < -0.4 is 0 Å². The molecular weight excluding hydrogens is 382 g/mol. The zero-order valence-corrected chi connectivity index (χ0v) is 17.9. The van der Waals surface area contributed by atoms with Gasteiger partial charge in [0, 0.05) is 35.2 Å². The van der Waals surface area contributed by atoms with E-state index in [9.17, 15) is 0 Å². The molecule has 31 heavy (non-hydrogen) atoms. The normalized spacial score (nSPS) is 15.6. The largest absolute Gasteiger partial charge is 0.353 e. The maximum Gasteiger partial charge on any atom is 0.116 e. The van der Waals surface area contributed by atoms with Crippen LogP contribution in [0.3, 0.4) is 0 Å². The lowest BCUT2D eigenvalue weighted by Crippen LogP contribution is -2.21. The van der Waals surface area contributed by atoms with Gasteiger partial charge in [-0.05, 0) is 73.8 Å². The number of nitrogens with one attached hydrogen (secondary N) is 2. The standard InChI is InChI=1S/C26H27N5/c1-18(17-31-11-5-6-12-31)15-27-16-19(2)20-9-10-24-22(13-20)26(30-29-24)25-14-21-7-3-4-8-23(21)28-25/h3-4,7-10,13-16,28H,1,5-6,11-12,17H2,2H3,(H,29,30)/b19-16+,27-15?. The van der Waals surface area contributed by atoms with E-state index in [0.29, 0.717) is 0 Å². The molecule has 0 spiro atoms. The summed E-state index contributed by atoms with van der Waals surface area (Å²) in [6.45, 7) is 9.49. The minimum atomic E-state index is 0.908. The van der Waals surface area contributed by atoms with Gasteiger partial charge < -0.3 is 4.98 Å². The van der Waals surface area contributed by atoms with Crippen LogP contribution in [0.2, 0.25) is 0 Å². The number of nitrogens with zero attached hydrogens (tertiary/aromatic N) is 3. The fraction of sp³-hybridized carbons (Fsp3) is 0.231. The first kappa shape index (κ1) is 19.5. The van der Waals surface area contributed by atoms with Gasteiger partial charge in [-0.15, -0.1) is 0 Å². The van der Waals surface area contributed by atoms with Gasteiger partial charge in [0.25, 0.3) is 0 Å². The second-order valence-corrected chi connectivity index (χ2v) is 8.33. The Balaban J connectivity index is 1.38. The van der Waals surface area contributed by atoms with Crippen LogP contribution in [0, 0.1) is 0 Å². The minimum Gasteiger partial charge on any atom is -0.353 e. The molecule has 0 radical (unpaired) electrons. The molecule has 1 fully saturated rings. The minimum absolute atomic E-state index is 0.908. The summed E-state index contributed by atoms with van der Waals surface area (Å²) in [4.78, 5) is 10.4. The van der Waals surface area contributed by atoms with Crippen molar-refractivity contribution in [2.75, 3.05) is 19.6 Å². The third kappa shape index (κ3) is 4.09. The van der Waals surface area contributed by atoms with Gasteiger partial charge in [-0.3, -0.25) is 15.0 Å². The van der Waals surface area contributed by atoms with E-state index in [0.717, 1.165) is 51.1 Å². The van der Waals surface area contributed by atoms with Crippen molar-refractivity contribution >= 4 is 33.6 Å². The number of para-hydroxylation sites is 1. The van der Waals surface area contributed by atoms with Crippen LogP contribution >= 0.6 is 0 Å². The van der Waals surface area contributed by atoms with Gasteiger partial charge in [0.2, 0.25) is 0 Å². The number of aromatic nitrogens is 3. The number of benzene rings is 2. The molecule has 2 aromatic heterocycles. The topological polar surface area (TPSA) is 60.1 Å². The van der Waals surface area contributed by atoms with E-state index in [1.54, 1.807) is 0 Å². The van der Waals surface area contributed by atoms with Crippen LogP contribution in [0.25, 0.3) is 38.8 Å². The third-order valence-corrected chi connectivity index (χ3v) is 5.95. The molecule has 1 aliphatic rings. The van der Waals surface area contributed by atoms with Gasteiger partial charge in [-0.25, -0.2) is 0 Å². The number of hydrogen-bond donors (Lipinski definition) is 2. The fourth-order valence-corrected chi connectivity index (χ4v) is 4.26. The quantitative estimate of drug-likeness (QED) is 0.396. The van der Waals surface area contributed by atoms with E-state index in [1.165, 1.54) is 31.3 Å². The number of hydrogen-bond acceptors (Lipinski definition) is 3. The zero-order chi connectivity index (χ0) is 21.2. The van der Waals surface area contributed by atoms with E-state index in [-0.39, 0.29) is 0 Å². The van der Waals surface area contributed by atoms with Crippen LogP contribution in [0.5, 0.6) is 0 Å².